The molecule has 0 radical (unpaired) electrons. The number of anilines is 2. The fourth-order valence-corrected chi connectivity index (χ4v) is 2.81. The zero-order valence-electron chi connectivity index (χ0n) is 11.4. The number of hydrogen-bond donors (Lipinski definition) is 2. The highest BCUT2D eigenvalue weighted by molar-refractivity contribution is 7.13. The van der Waals surface area contributed by atoms with Crippen LogP contribution in [-0.4, -0.2) is 24.0 Å². The third-order valence-electron chi connectivity index (χ3n) is 3.05. The zero-order valence-corrected chi connectivity index (χ0v) is 12.9. The maximum atomic E-state index is 12.1. The van der Waals surface area contributed by atoms with Crippen molar-refractivity contribution in [2.24, 2.45) is 0 Å². The topological polar surface area (TPSA) is 63.2 Å². The number of hydrogen-bond acceptors (Lipinski definition) is 5. The predicted octanol–water partition coefficient (Wildman–Crippen LogP) is 3.63. The van der Waals surface area contributed by atoms with E-state index in [2.05, 4.69) is 15.6 Å². The minimum atomic E-state index is -0.253. The van der Waals surface area contributed by atoms with Crippen LogP contribution in [0.15, 0.2) is 23.6 Å². The van der Waals surface area contributed by atoms with Crippen LogP contribution in [0.2, 0.25) is 5.02 Å². The average molecular weight is 324 g/mol. The van der Waals surface area contributed by atoms with Crippen LogP contribution in [0.5, 0.6) is 5.75 Å². The molecule has 1 fully saturated rings. The number of rotatable bonds is 5. The second kappa shape index (κ2) is 5.91. The summed E-state index contributed by atoms with van der Waals surface area (Å²) in [5.74, 6) is 0.315. The lowest BCUT2D eigenvalue weighted by atomic mass is 10.3. The number of carbonyl (C=O) groups is 1. The van der Waals surface area contributed by atoms with E-state index in [4.69, 9.17) is 16.3 Å². The molecular weight excluding hydrogens is 310 g/mol. The Labute approximate surface area is 131 Å². The molecule has 1 saturated carbocycles. The minimum absolute atomic E-state index is 0.253. The van der Waals surface area contributed by atoms with Crippen molar-refractivity contribution >= 4 is 39.7 Å². The van der Waals surface area contributed by atoms with E-state index in [0.29, 0.717) is 28.2 Å². The van der Waals surface area contributed by atoms with Gasteiger partial charge in [-0.1, -0.05) is 11.6 Å². The molecule has 1 heterocycles. The third kappa shape index (κ3) is 3.46. The molecule has 21 heavy (non-hydrogen) atoms. The fraction of sp³-hybridized carbons (Fsp3) is 0.286. The van der Waals surface area contributed by atoms with E-state index >= 15 is 0 Å². The van der Waals surface area contributed by atoms with Crippen molar-refractivity contribution in [1.29, 1.82) is 0 Å². The van der Waals surface area contributed by atoms with Gasteiger partial charge in [0.15, 0.2) is 5.13 Å². The van der Waals surface area contributed by atoms with Gasteiger partial charge in [-0.25, -0.2) is 4.98 Å². The molecule has 1 aromatic heterocycles. The third-order valence-corrected chi connectivity index (χ3v) is 4.12. The van der Waals surface area contributed by atoms with Gasteiger partial charge >= 0.3 is 0 Å². The van der Waals surface area contributed by atoms with Crippen molar-refractivity contribution < 1.29 is 9.53 Å². The van der Waals surface area contributed by atoms with Gasteiger partial charge in [0.2, 0.25) is 0 Å². The van der Waals surface area contributed by atoms with Crippen molar-refractivity contribution in [3.8, 4) is 5.75 Å². The summed E-state index contributed by atoms with van der Waals surface area (Å²) in [5.41, 5.74) is 1.01. The Balaban J connectivity index is 1.67. The van der Waals surface area contributed by atoms with Crippen LogP contribution in [0.3, 0.4) is 0 Å². The van der Waals surface area contributed by atoms with Crippen molar-refractivity contribution in [3.05, 3.63) is 34.3 Å². The Morgan fingerprint density at radius 1 is 1.48 bits per heavy atom. The van der Waals surface area contributed by atoms with Crippen LogP contribution >= 0.6 is 22.9 Å². The maximum absolute atomic E-state index is 12.1. The number of benzene rings is 1. The fourth-order valence-electron chi connectivity index (χ4n) is 1.79. The predicted molar refractivity (Wildman–Crippen MR) is 84.7 cm³/mol. The summed E-state index contributed by atoms with van der Waals surface area (Å²) in [5, 5.41) is 9.02. The molecule has 0 saturated heterocycles. The average Bonchev–Trinajstić information content (AvgIpc) is 3.14. The van der Waals surface area contributed by atoms with Gasteiger partial charge in [0, 0.05) is 17.1 Å². The highest BCUT2D eigenvalue weighted by atomic mass is 35.5. The molecule has 1 aromatic carbocycles. The van der Waals surface area contributed by atoms with E-state index in [0.717, 1.165) is 5.13 Å². The van der Waals surface area contributed by atoms with Crippen LogP contribution in [0, 0.1) is 0 Å². The summed E-state index contributed by atoms with van der Waals surface area (Å²) in [7, 11) is 1.54. The lowest BCUT2D eigenvalue weighted by Crippen LogP contribution is -2.12. The quantitative estimate of drug-likeness (QED) is 0.882. The van der Waals surface area contributed by atoms with Crippen molar-refractivity contribution in [3.63, 3.8) is 0 Å². The van der Waals surface area contributed by atoms with Crippen LogP contribution in [0.4, 0.5) is 10.8 Å². The highest BCUT2D eigenvalue weighted by Crippen LogP contribution is 2.28. The molecule has 7 heteroatoms. The first-order valence-corrected chi connectivity index (χ1v) is 7.78. The molecule has 0 unspecified atom stereocenters. The summed E-state index contributed by atoms with van der Waals surface area (Å²) >= 11 is 7.46. The molecule has 0 atom stereocenters. The van der Waals surface area contributed by atoms with Gasteiger partial charge in [-0.05, 0) is 31.0 Å². The molecule has 0 aliphatic heterocycles. The largest absolute Gasteiger partial charge is 0.495 e. The number of amides is 1. The molecule has 3 rings (SSSR count). The number of aromatic nitrogens is 1. The molecule has 1 aliphatic rings. The first kappa shape index (κ1) is 14.2. The number of nitrogens with one attached hydrogen (secondary N) is 2. The number of nitrogens with zero attached hydrogens (tertiary/aromatic N) is 1. The van der Waals surface area contributed by atoms with Gasteiger partial charge in [0.05, 0.1) is 12.1 Å². The number of halogens is 1. The van der Waals surface area contributed by atoms with Crippen LogP contribution in [0.25, 0.3) is 0 Å². The molecule has 0 spiro atoms. The van der Waals surface area contributed by atoms with E-state index < -0.39 is 0 Å². The summed E-state index contributed by atoms with van der Waals surface area (Å²) in [6.07, 6.45) is 2.34. The lowest BCUT2D eigenvalue weighted by molar-refractivity contribution is 0.102. The highest BCUT2D eigenvalue weighted by Gasteiger charge is 2.22. The smallest absolute Gasteiger partial charge is 0.275 e. The van der Waals surface area contributed by atoms with E-state index in [-0.39, 0.29) is 5.91 Å². The summed E-state index contributed by atoms with van der Waals surface area (Å²) in [4.78, 5) is 16.4. The normalized spacial score (nSPS) is 13.8. The van der Waals surface area contributed by atoms with Gasteiger partial charge in [-0.2, -0.15) is 0 Å². The van der Waals surface area contributed by atoms with E-state index in [1.807, 2.05) is 0 Å². The number of methoxy groups -OCH3 is 1. The number of ether oxygens (including phenoxy) is 1. The Hall–Kier alpha value is -1.79. The Morgan fingerprint density at radius 3 is 2.95 bits per heavy atom. The van der Waals surface area contributed by atoms with Crippen LogP contribution in [-0.2, 0) is 0 Å². The molecule has 2 N–H and O–H groups in total. The molecular formula is C14H14ClN3O2S. The summed E-state index contributed by atoms with van der Waals surface area (Å²) < 4.78 is 5.07. The Morgan fingerprint density at radius 2 is 2.29 bits per heavy atom. The first-order chi connectivity index (χ1) is 10.2. The van der Waals surface area contributed by atoms with Gasteiger partial charge in [-0.3, -0.25) is 4.79 Å². The summed E-state index contributed by atoms with van der Waals surface area (Å²) in [6, 6.07) is 5.61. The zero-order chi connectivity index (χ0) is 14.8. The van der Waals surface area contributed by atoms with Gasteiger partial charge in [0.1, 0.15) is 11.4 Å². The van der Waals surface area contributed by atoms with E-state index in [1.165, 1.54) is 24.2 Å². The maximum Gasteiger partial charge on any atom is 0.275 e. The van der Waals surface area contributed by atoms with Gasteiger partial charge in [0.25, 0.3) is 5.91 Å². The number of carbonyl (C=O) groups excluding carboxylic acids is 1. The first-order valence-electron chi connectivity index (χ1n) is 6.52. The van der Waals surface area contributed by atoms with Gasteiger partial charge in [-0.15, -0.1) is 11.3 Å². The van der Waals surface area contributed by atoms with Crippen molar-refractivity contribution in [2.75, 3.05) is 17.7 Å². The molecule has 1 amide bonds. The molecule has 110 valence electrons. The Kier molecular flexibility index (Phi) is 3.98. The monoisotopic (exact) mass is 323 g/mol. The minimum Gasteiger partial charge on any atom is -0.495 e. The van der Waals surface area contributed by atoms with Gasteiger partial charge < -0.3 is 15.4 Å². The van der Waals surface area contributed by atoms with Crippen LogP contribution in [0.1, 0.15) is 23.3 Å². The standard InChI is InChI=1S/C14H14ClN3O2S/c1-20-12-5-4-9(6-10(12)15)16-13(19)11-7-21-14(18-11)17-8-2-3-8/h4-8H,2-3H2,1H3,(H,16,19)(H,17,18). The lowest BCUT2D eigenvalue weighted by Gasteiger charge is -2.06. The number of thiazole rings is 1. The SMILES string of the molecule is COc1ccc(NC(=O)c2csc(NC3CC3)n2)cc1Cl. The molecule has 1 aliphatic carbocycles. The van der Waals surface area contributed by atoms with Crippen LogP contribution < -0.4 is 15.4 Å². The molecule has 2 aromatic rings. The van der Waals surface area contributed by atoms with Crippen molar-refractivity contribution in [2.45, 2.75) is 18.9 Å². The summed E-state index contributed by atoms with van der Waals surface area (Å²) in [6.45, 7) is 0. The second-order valence-corrected chi connectivity index (χ2v) is 6.03. The Bertz CT molecular complexity index is 670. The molecule has 0 bridgehead atoms. The van der Waals surface area contributed by atoms with E-state index in [9.17, 15) is 4.79 Å². The van der Waals surface area contributed by atoms with E-state index in [1.54, 1.807) is 30.7 Å². The molecule has 5 nitrogen and oxygen atoms in total. The second-order valence-electron chi connectivity index (χ2n) is 4.76. The van der Waals surface area contributed by atoms with Crippen molar-refractivity contribution in [1.82, 2.24) is 4.98 Å².